The molecule has 11 heteroatoms. The van der Waals surface area contributed by atoms with E-state index in [0.717, 1.165) is 57.4 Å². The number of carbonyl (C=O) groups is 1. The summed E-state index contributed by atoms with van der Waals surface area (Å²) in [4.78, 5) is 24.5. The van der Waals surface area contributed by atoms with Gasteiger partial charge in [-0.15, -0.1) is 0 Å². The zero-order chi connectivity index (χ0) is 27.1. The third-order valence-corrected chi connectivity index (χ3v) is 7.61. The minimum Gasteiger partial charge on any atom is -0.362 e. The van der Waals surface area contributed by atoms with Crippen molar-refractivity contribution in [2.75, 3.05) is 22.9 Å². The van der Waals surface area contributed by atoms with Crippen molar-refractivity contribution in [2.45, 2.75) is 88.9 Å². The number of nitrogens with zero attached hydrogens (tertiary/aromatic N) is 4. The first kappa shape index (κ1) is 28.1. The first-order valence-corrected chi connectivity index (χ1v) is 13.4. The number of aromatic nitrogens is 2. The van der Waals surface area contributed by atoms with Crippen molar-refractivity contribution in [3.63, 3.8) is 0 Å². The van der Waals surface area contributed by atoms with E-state index in [2.05, 4.69) is 14.9 Å². The molecule has 2 aromatic rings. The summed E-state index contributed by atoms with van der Waals surface area (Å²) in [5.41, 5.74) is 0.878. The van der Waals surface area contributed by atoms with Crippen LogP contribution in [0.3, 0.4) is 0 Å². The molecule has 1 aromatic carbocycles. The summed E-state index contributed by atoms with van der Waals surface area (Å²) in [5.74, 6) is -1.14. The van der Waals surface area contributed by atoms with Gasteiger partial charge < -0.3 is 9.80 Å². The molecule has 4 heterocycles. The van der Waals surface area contributed by atoms with E-state index in [-0.39, 0.29) is 23.3 Å². The second kappa shape index (κ2) is 12.7. The number of hydroxylamine groups is 1. The normalized spacial score (nSPS) is 22.0. The molecular formula is C27H35F4N5O2. The van der Waals surface area contributed by atoms with Gasteiger partial charge in [0.15, 0.2) is 0 Å². The molecule has 3 saturated heterocycles. The highest BCUT2D eigenvalue weighted by Crippen LogP contribution is 2.36. The van der Waals surface area contributed by atoms with Crippen molar-refractivity contribution in [3.8, 4) is 0 Å². The molecule has 1 amide bonds. The van der Waals surface area contributed by atoms with E-state index >= 15 is 4.39 Å². The smallest absolute Gasteiger partial charge is 0.362 e. The number of piperazine rings is 1. The summed E-state index contributed by atoms with van der Waals surface area (Å²) in [6.45, 7) is 0.909. The van der Waals surface area contributed by atoms with Crippen molar-refractivity contribution in [2.24, 2.45) is 0 Å². The Kier molecular flexibility index (Phi) is 9.40. The lowest BCUT2D eigenvalue weighted by molar-refractivity contribution is -0.137. The molecular weight excluding hydrogens is 502 g/mol. The Bertz CT molecular complexity index is 1070. The van der Waals surface area contributed by atoms with Crippen LogP contribution in [0, 0.1) is 5.82 Å². The first-order valence-electron chi connectivity index (χ1n) is 13.4. The van der Waals surface area contributed by atoms with Crippen LogP contribution in [0.15, 0.2) is 30.6 Å². The number of halogens is 4. The molecule has 3 aliphatic rings. The Morgan fingerprint density at radius 3 is 1.92 bits per heavy atom. The van der Waals surface area contributed by atoms with Gasteiger partial charge in [0, 0.05) is 37.6 Å². The van der Waals surface area contributed by atoms with Crippen LogP contribution in [0.25, 0.3) is 0 Å². The molecule has 2 bridgehead atoms. The van der Waals surface area contributed by atoms with Crippen molar-refractivity contribution in [1.82, 2.24) is 15.4 Å². The molecule has 7 nitrogen and oxygen atoms in total. The third kappa shape index (κ3) is 6.92. The number of amides is 1. The maximum Gasteiger partial charge on any atom is 0.416 e. The van der Waals surface area contributed by atoms with Gasteiger partial charge in [-0.25, -0.2) is 19.8 Å². The van der Waals surface area contributed by atoms with E-state index in [4.69, 9.17) is 5.21 Å². The van der Waals surface area contributed by atoms with Gasteiger partial charge >= 0.3 is 6.18 Å². The molecule has 0 radical (unpaired) electrons. The summed E-state index contributed by atoms with van der Waals surface area (Å²) < 4.78 is 54.8. The fourth-order valence-electron chi connectivity index (χ4n) is 5.55. The zero-order valence-corrected chi connectivity index (χ0v) is 21.4. The van der Waals surface area contributed by atoms with Crippen LogP contribution in [0.1, 0.15) is 86.6 Å². The highest BCUT2D eigenvalue weighted by Gasteiger charge is 2.37. The van der Waals surface area contributed by atoms with E-state index in [9.17, 15) is 18.0 Å². The molecule has 5 rings (SSSR count). The lowest BCUT2D eigenvalue weighted by Gasteiger charge is -2.48. The van der Waals surface area contributed by atoms with Crippen LogP contribution in [0.2, 0.25) is 0 Å². The monoisotopic (exact) mass is 537 g/mol. The number of fused-ring (bicyclic) bond motifs is 12. The molecule has 208 valence electrons. The van der Waals surface area contributed by atoms with Gasteiger partial charge in [-0.2, -0.15) is 13.2 Å². The summed E-state index contributed by atoms with van der Waals surface area (Å²) in [5, 5.41) is 8.89. The SMILES string of the molecule is O=C(NO)c1cnc(N2C[C@@H]3CCCCCCCCCCC[C@H]2CN3c2ccc(C(F)(F)F)cc2F)nc1. The van der Waals surface area contributed by atoms with Crippen LogP contribution >= 0.6 is 0 Å². The average molecular weight is 538 g/mol. The Labute approximate surface area is 220 Å². The van der Waals surface area contributed by atoms with Crippen molar-refractivity contribution in [1.29, 1.82) is 0 Å². The van der Waals surface area contributed by atoms with Crippen LogP contribution < -0.4 is 15.3 Å². The number of nitrogens with one attached hydrogen (secondary N) is 1. The largest absolute Gasteiger partial charge is 0.416 e. The van der Waals surface area contributed by atoms with Gasteiger partial charge in [-0.3, -0.25) is 10.0 Å². The number of alkyl halides is 3. The molecule has 3 aliphatic heterocycles. The van der Waals surface area contributed by atoms with Crippen LogP contribution in [-0.2, 0) is 6.18 Å². The van der Waals surface area contributed by atoms with Gasteiger partial charge in [0.25, 0.3) is 5.91 Å². The van der Waals surface area contributed by atoms with Crippen molar-refractivity contribution >= 4 is 17.5 Å². The molecule has 38 heavy (non-hydrogen) atoms. The second-order valence-electron chi connectivity index (χ2n) is 10.2. The number of hydrogen-bond donors (Lipinski definition) is 2. The molecule has 0 saturated carbocycles. The van der Waals surface area contributed by atoms with E-state index in [1.807, 2.05) is 4.90 Å². The van der Waals surface area contributed by atoms with Gasteiger partial charge in [0.1, 0.15) is 5.82 Å². The van der Waals surface area contributed by atoms with E-state index in [0.29, 0.717) is 25.1 Å². The Balaban J connectivity index is 1.65. The molecule has 2 N–H and O–H groups in total. The van der Waals surface area contributed by atoms with E-state index in [1.165, 1.54) is 37.7 Å². The summed E-state index contributed by atoms with van der Waals surface area (Å²) in [6, 6.07) is 2.56. The fourth-order valence-corrected chi connectivity index (χ4v) is 5.55. The quantitative estimate of drug-likeness (QED) is 0.279. The fraction of sp³-hybridized carbons (Fsp3) is 0.593. The molecule has 3 fully saturated rings. The summed E-state index contributed by atoms with van der Waals surface area (Å²) >= 11 is 0. The molecule has 0 aliphatic carbocycles. The summed E-state index contributed by atoms with van der Waals surface area (Å²) in [6.07, 6.45) is 9.56. The molecule has 0 unspecified atom stereocenters. The Morgan fingerprint density at radius 1 is 0.868 bits per heavy atom. The summed E-state index contributed by atoms with van der Waals surface area (Å²) in [7, 11) is 0. The molecule has 2 atom stereocenters. The van der Waals surface area contributed by atoms with Gasteiger partial charge in [-0.1, -0.05) is 57.8 Å². The zero-order valence-electron chi connectivity index (χ0n) is 21.4. The number of benzene rings is 1. The number of carbonyl (C=O) groups excluding carboxylic acids is 1. The number of hydrogen-bond acceptors (Lipinski definition) is 6. The Hall–Kier alpha value is -2.95. The number of rotatable bonds is 3. The highest BCUT2D eigenvalue weighted by molar-refractivity contribution is 5.92. The van der Waals surface area contributed by atoms with Gasteiger partial charge in [0.05, 0.1) is 16.8 Å². The molecule has 0 spiro atoms. The topological polar surface area (TPSA) is 81.6 Å². The standard InChI is InChI=1S/C27H35F4N5O2/c28-23-14-20(27(29,30)31)12-13-24(23)35-17-22-11-9-7-5-3-1-2-4-6-8-10-21(35)18-36(22)26-32-15-19(16-33-26)25(37)34-38/h12-16,21-22,38H,1-11,17-18H2,(H,34,37)/t21-,22-/m0/s1. The van der Waals surface area contributed by atoms with Gasteiger partial charge in [-0.05, 0) is 31.0 Å². The van der Waals surface area contributed by atoms with E-state index in [1.54, 1.807) is 5.48 Å². The van der Waals surface area contributed by atoms with Crippen molar-refractivity contribution < 1.29 is 27.6 Å². The van der Waals surface area contributed by atoms with Crippen LogP contribution in [-0.4, -0.2) is 46.3 Å². The maximum absolute atomic E-state index is 15.2. The van der Waals surface area contributed by atoms with Crippen LogP contribution in [0.5, 0.6) is 0 Å². The molecule has 1 aromatic heterocycles. The number of anilines is 2. The highest BCUT2D eigenvalue weighted by atomic mass is 19.4. The van der Waals surface area contributed by atoms with Crippen LogP contribution in [0.4, 0.5) is 29.2 Å². The lowest BCUT2D eigenvalue weighted by atomic mass is 9.96. The minimum atomic E-state index is -4.61. The maximum atomic E-state index is 15.2. The minimum absolute atomic E-state index is 0.0874. The predicted molar refractivity (Wildman–Crippen MR) is 136 cm³/mol. The van der Waals surface area contributed by atoms with E-state index < -0.39 is 23.5 Å². The first-order chi connectivity index (χ1) is 18.3. The predicted octanol–water partition coefficient (Wildman–Crippen LogP) is 6.12. The van der Waals surface area contributed by atoms with Gasteiger partial charge in [0.2, 0.25) is 5.95 Å². The lowest BCUT2D eigenvalue weighted by Crippen LogP contribution is -2.59. The average Bonchev–Trinajstić information content (AvgIpc) is 2.92. The van der Waals surface area contributed by atoms with Crippen molar-refractivity contribution in [3.05, 3.63) is 47.5 Å². The second-order valence-corrected chi connectivity index (χ2v) is 10.2. The third-order valence-electron chi connectivity index (χ3n) is 7.61. The Morgan fingerprint density at radius 2 is 1.39 bits per heavy atom.